The maximum absolute atomic E-state index is 13.7. The number of carbonyl (C=O) groups is 1. The van der Waals surface area contributed by atoms with E-state index in [0.717, 1.165) is 6.07 Å². The van der Waals surface area contributed by atoms with Crippen LogP contribution in [0, 0.1) is 18.6 Å². The number of para-hydroxylation sites is 1. The van der Waals surface area contributed by atoms with E-state index in [1.165, 1.54) is 28.8 Å². The Balaban J connectivity index is 1.57. The summed E-state index contributed by atoms with van der Waals surface area (Å²) < 4.78 is 33.5. The van der Waals surface area contributed by atoms with E-state index in [9.17, 15) is 18.4 Å². The van der Waals surface area contributed by atoms with Crippen molar-refractivity contribution in [1.29, 1.82) is 0 Å². The molecule has 0 saturated heterocycles. The highest BCUT2D eigenvalue weighted by molar-refractivity contribution is 5.89. The molecular weight excluding hydrogens is 390 g/mol. The van der Waals surface area contributed by atoms with Gasteiger partial charge in [0.1, 0.15) is 12.4 Å². The molecule has 1 aromatic heterocycles. The molecule has 0 unspecified atom stereocenters. The quantitative estimate of drug-likeness (QED) is 0.474. The minimum Gasteiger partial charge on any atom is -0.457 e. The number of halogens is 2. The standard InChI is InChI=1S/C23H16F2N2O3/c1-14-26-20-8-3-2-6-18(20)22(28)27(14)17-11-9-15(10-12-17)23(29)30-13-16-5-4-7-19(24)21(16)25/h2-12H,13H2,1H3. The van der Waals surface area contributed by atoms with E-state index in [2.05, 4.69) is 4.98 Å². The minimum atomic E-state index is -1.04. The number of fused-ring (bicyclic) bond motifs is 1. The number of aromatic nitrogens is 2. The molecule has 150 valence electrons. The van der Waals surface area contributed by atoms with Gasteiger partial charge in [-0.2, -0.15) is 0 Å². The molecule has 0 aliphatic rings. The number of benzene rings is 3. The van der Waals surface area contributed by atoms with Crippen molar-refractivity contribution in [3.05, 3.63) is 106 Å². The molecule has 0 radical (unpaired) electrons. The van der Waals surface area contributed by atoms with Crippen LogP contribution in [0.2, 0.25) is 0 Å². The van der Waals surface area contributed by atoms with E-state index in [1.54, 1.807) is 37.3 Å². The molecular formula is C23H16F2N2O3. The fourth-order valence-corrected chi connectivity index (χ4v) is 3.18. The average Bonchev–Trinajstić information content (AvgIpc) is 2.75. The van der Waals surface area contributed by atoms with E-state index < -0.39 is 24.2 Å². The molecule has 0 amide bonds. The molecule has 4 rings (SSSR count). The number of esters is 1. The number of ether oxygens (including phenoxy) is 1. The van der Waals surface area contributed by atoms with Gasteiger partial charge in [-0.15, -0.1) is 0 Å². The lowest BCUT2D eigenvalue weighted by atomic mass is 10.2. The van der Waals surface area contributed by atoms with Crippen LogP contribution in [0.1, 0.15) is 21.7 Å². The lowest BCUT2D eigenvalue weighted by Crippen LogP contribution is -2.22. The third-order valence-corrected chi connectivity index (χ3v) is 4.69. The monoisotopic (exact) mass is 406 g/mol. The number of aryl methyl sites for hydroxylation is 1. The Morgan fingerprint density at radius 3 is 2.50 bits per heavy atom. The van der Waals surface area contributed by atoms with Crippen LogP contribution < -0.4 is 5.56 Å². The predicted molar refractivity (Wildman–Crippen MR) is 108 cm³/mol. The summed E-state index contributed by atoms with van der Waals surface area (Å²) >= 11 is 0. The van der Waals surface area contributed by atoms with Crippen molar-refractivity contribution in [2.45, 2.75) is 13.5 Å². The summed E-state index contributed by atoms with van der Waals surface area (Å²) in [6.07, 6.45) is 0. The van der Waals surface area contributed by atoms with Crippen molar-refractivity contribution in [3.8, 4) is 5.69 Å². The van der Waals surface area contributed by atoms with Crippen LogP contribution in [0.3, 0.4) is 0 Å². The topological polar surface area (TPSA) is 61.2 Å². The molecule has 0 aliphatic carbocycles. The molecule has 7 heteroatoms. The Morgan fingerprint density at radius 2 is 1.73 bits per heavy atom. The summed E-state index contributed by atoms with van der Waals surface area (Å²) in [5.74, 6) is -2.22. The first kappa shape index (κ1) is 19.4. The summed E-state index contributed by atoms with van der Waals surface area (Å²) in [5.41, 5.74) is 1.11. The third-order valence-electron chi connectivity index (χ3n) is 4.69. The van der Waals surface area contributed by atoms with Crippen LogP contribution in [-0.4, -0.2) is 15.5 Å². The zero-order valence-corrected chi connectivity index (χ0v) is 15.9. The molecule has 30 heavy (non-hydrogen) atoms. The van der Waals surface area contributed by atoms with Crippen molar-refractivity contribution < 1.29 is 18.3 Å². The second-order valence-corrected chi connectivity index (χ2v) is 6.65. The van der Waals surface area contributed by atoms with Gasteiger partial charge in [-0.1, -0.05) is 24.3 Å². The van der Waals surface area contributed by atoms with Gasteiger partial charge in [0, 0.05) is 5.56 Å². The smallest absolute Gasteiger partial charge is 0.338 e. The molecule has 0 spiro atoms. The molecule has 0 atom stereocenters. The second-order valence-electron chi connectivity index (χ2n) is 6.65. The summed E-state index contributed by atoms with van der Waals surface area (Å²) in [6, 6.07) is 16.9. The van der Waals surface area contributed by atoms with Crippen molar-refractivity contribution in [2.75, 3.05) is 0 Å². The van der Waals surface area contributed by atoms with Gasteiger partial charge >= 0.3 is 5.97 Å². The zero-order valence-electron chi connectivity index (χ0n) is 15.9. The van der Waals surface area contributed by atoms with Crippen LogP contribution in [0.15, 0.2) is 71.5 Å². The van der Waals surface area contributed by atoms with E-state index in [4.69, 9.17) is 4.74 Å². The van der Waals surface area contributed by atoms with Gasteiger partial charge in [0.05, 0.1) is 22.2 Å². The molecule has 0 saturated carbocycles. The van der Waals surface area contributed by atoms with Crippen LogP contribution >= 0.6 is 0 Å². The fraction of sp³-hybridized carbons (Fsp3) is 0.0870. The number of rotatable bonds is 4. The van der Waals surface area contributed by atoms with Crippen LogP contribution in [0.25, 0.3) is 16.6 Å². The molecule has 1 heterocycles. The Morgan fingerprint density at radius 1 is 1.00 bits per heavy atom. The molecule has 4 aromatic rings. The van der Waals surface area contributed by atoms with E-state index in [-0.39, 0.29) is 16.7 Å². The van der Waals surface area contributed by atoms with Gasteiger partial charge in [-0.05, 0) is 49.4 Å². The van der Waals surface area contributed by atoms with Gasteiger partial charge in [0.25, 0.3) is 5.56 Å². The third kappa shape index (κ3) is 3.57. The van der Waals surface area contributed by atoms with Crippen molar-refractivity contribution in [2.24, 2.45) is 0 Å². The number of nitrogens with zero attached hydrogens (tertiary/aromatic N) is 2. The summed E-state index contributed by atoms with van der Waals surface area (Å²) in [7, 11) is 0. The SMILES string of the molecule is Cc1nc2ccccc2c(=O)n1-c1ccc(C(=O)OCc2cccc(F)c2F)cc1. The lowest BCUT2D eigenvalue weighted by molar-refractivity contribution is 0.0468. The summed E-state index contributed by atoms with van der Waals surface area (Å²) in [5, 5.41) is 0.490. The normalized spacial score (nSPS) is 10.9. The fourth-order valence-electron chi connectivity index (χ4n) is 3.18. The maximum Gasteiger partial charge on any atom is 0.338 e. The number of hydrogen-bond acceptors (Lipinski definition) is 4. The van der Waals surface area contributed by atoms with Crippen LogP contribution in [0.4, 0.5) is 8.78 Å². The molecule has 3 aromatic carbocycles. The first-order valence-electron chi connectivity index (χ1n) is 9.14. The van der Waals surface area contributed by atoms with E-state index in [0.29, 0.717) is 22.4 Å². The first-order valence-corrected chi connectivity index (χ1v) is 9.14. The molecule has 0 N–H and O–H groups in total. The summed E-state index contributed by atoms with van der Waals surface area (Å²) in [6.45, 7) is 1.33. The largest absolute Gasteiger partial charge is 0.457 e. The molecule has 0 bridgehead atoms. The van der Waals surface area contributed by atoms with Crippen molar-refractivity contribution in [1.82, 2.24) is 9.55 Å². The zero-order chi connectivity index (χ0) is 21.3. The van der Waals surface area contributed by atoms with Crippen LogP contribution in [-0.2, 0) is 11.3 Å². The van der Waals surface area contributed by atoms with Crippen molar-refractivity contribution in [3.63, 3.8) is 0 Å². The number of hydrogen-bond donors (Lipinski definition) is 0. The molecule has 0 aliphatic heterocycles. The van der Waals surface area contributed by atoms with E-state index in [1.807, 2.05) is 6.07 Å². The number of carbonyl (C=O) groups excluding carboxylic acids is 1. The van der Waals surface area contributed by atoms with Gasteiger partial charge in [-0.25, -0.2) is 18.6 Å². The predicted octanol–water partition coefficient (Wildman–Crippen LogP) is 4.33. The van der Waals surface area contributed by atoms with Crippen LogP contribution in [0.5, 0.6) is 0 Å². The first-order chi connectivity index (χ1) is 14.5. The highest BCUT2D eigenvalue weighted by atomic mass is 19.2. The molecule has 5 nitrogen and oxygen atoms in total. The minimum absolute atomic E-state index is 0.0515. The van der Waals surface area contributed by atoms with E-state index >= 15 is 0 Å². The Bertz CT molecular complexity index is 1310. The Kier molecular flexibility index (Phi) is 5.10. The van der Waals surface area contributed by atoms with Gasteiger partial charge < -0.3 is 4.74 Å². The lowest BCUT2D eigenvalue weighted by Gasteiger charge is -2.11. The van der Waals surface area contributed by atoms with Gasteiger partial charge in [-0.3, -0.25) is 9.36 Å². The summed E-state index contributed by atoms with van der Waals surface area (Å²) in [4.78, 5) is 29.6. The molecule has 0 fully saturated rings. The Labute approximate surface area is 170 Å². The average molecular weight is 406 g/mol. The van der Waals surface area contributed by atoms with Gasteiger partial charge in [0.15, 0.2) is 11.6 Å². The van der Waals surface area contributed by atoms with Gasteiger partial charge in [0.2, 0.25) is 0 Å². The highest BCUT2D eigenvalue weighted by Gasteiger charge is 2.14. The highest BCUT2D eigenvalue weighted by Crippen LogP contribution is 2.16. The van der Waals surface area contributed by atoms with Crippen molar-refractivity contribution >= 4 is 16.9 Å². The maximum atomic E-state index is 13.7. The Hall–Kier alpha value is -3.87. The second kappa shape index (κ2) is 7.87.